The lowest BCUT2D eigenvalue weighted by atomic mass is 10.5. The summed E-state index contributed by atoms with van der Waals surface area (Å²) in [7, 11) is 3.62. The predicted octanol–water partition coefficient (Wildman–Crippen LogP) is -0.385. The minimum atomic E-state index is -0.211. The Morgan fingerprint density at radius 3 is 2.36 bits per heavy atom. The van der Waals surface area contributed by atoms with E-state index in [1.165, 1.54) is 4.68 Å². The van der Waals surface area contributed by atoms with E-state index in [9.17, 15) is 4.79 Å². The number of nitrogens with one attached hydrogen (secondary N) is 1. The van der Waals surface area contributed by atoms with Crippen LogP contribution in [-0.4, -0.2) is 42.1 Å². The average Bonchev–Trinajstić information content (AvgIpc) is 2.50. The first-order valence-electron chi connectivity index (χ1n) is 4.71. The van der Waals surface area contributed by atoms with Gasteiger partial charge in [-0.1, -0.05) is 0 Å². The molecule has 0 atom stereocenters. The van der Waals surface area contributed by atoms with Crippen LogP contribution in [0.3, 0.4) is 0 Å². The highest BCUT2D eigenvalue weighted by Gasteiger charge is 2.14. The van der Waals surface area contributed by atoms with Crippen molar-refractivity contribution in [1.29, 1.82) is 0 Å². The molecule has 0 aliphatic carbocycles. The summed E-state index contributed by atoms with van der Waals surface area (Å²) >= 11 is 0. The van der Waals surface area contributed by atoms with Gasteiger partial charge in [-0.05, 0) is 13.8 Å². The molecule has 0 aliphatic heterocycles. The fraction of sp³-hybridized carbons (Fsp3) is 0.750. The van der Waals surface area contributed by atoms with Crippen molar-refractivity contribution in [2.75, 3.05) is 37.1 Å². The summed E-state index contributed by atoms with van der Waals surface area (Å²) in [6.45, 7) is 5.72. The highest BCUT2D eigenvalue weighted by Crippen LogP contribution is 2.05. The number of hydrogen-bond acceptors (Lipinski definition) is 4. The van der Waals surface area contributed by atoms with E-state index in [4.69, 9.17) is 0 Å². The molecule has 0 saturated carbocycles. The quantitative estimate of drug-likeness (QED) is 0.718. The third kappa shape index (κ3) is 1.73. The maximum atomic E-state index is 11.4. The lowest BCUT2D eigenvalue weighted by molar-refractivity contribution is 0.674. The van der Waals surface area contributed by atoms with Crippen LogP contribution in [-0.2, 0) is 0 Å². The minimum Gasteiger partial charge on any atom is -0.340 e. The molecule has 0 bridgehead atoms. The number of nitrogens with zero attached hydrogens (tertiary/aromatic N) is 4. The standard InChI is InChI=1S/C8H17N5O/c1-5-12(6-2)7-9-10-8(14)13(7)11(3)4/h5-6H2,1-4H3,(H,10,14). The number of aromatic amines is 1. The van der Waals surface area contributed by atoms with E-state index in [1.54, 1.807) is 5.01 Å². The Hall–Kier alpha value is -1.46. The number of hydrogen-bond donors (Lipinski definition) is 1. The molecule has 6 heteroatoms. The van der Waals surface area contributed by atoms with Crippen LogP contribution in [0.5, 0.6) is 0 Å². The van der Waals surface area contributed by atoms with Crippen LogP contribution >= 0.6 is 0 Å². The number of anilines is 1. The molecule has 0 spiro atoms. The van der Waals surface area contributed by atoms with E-state index in [1.807, 2.05) is 32.8 Å². The molecule has 14 heavy (non-hydrogen) atoms. The predicted molar refractivity (Wildman–Crippen MR) is 56.5 cm³/mol. The molecule has 0 saturated heterocycles. The molecule has 1 rings (SSSR count). The minimum absolute atomic E-state index is 0.211. The van der Waals surface area contributed by atoms with Gasteiger partial charge < -0.3 is 9.91 Å². The van der Waals surface area contributed by atoms with E-state index in [2.05, 4.69) is 10.2 Å². The summed E-state index contributed by atoms with van der Waals surface area (Å²) in [5.74, 6) is 0.657. The Labute approximate surface area is 83.1 Å². The van der Waals surface area contributed by atoms with Crippen molar-refractivity contribution in [2.45, 2.75) is 13.8 Å². The second-order valence-corrected chi connectivity index (χ2v) is 3.16. The maximum absolute atomic E-state index is 11.4. The van der Waals surface area contributed by atoms with Gasteiger partial charge in [0.25, 0.3) is 0 Å². The Morgan fingerprint density at radius 2 is 1.93 bits per heavy atom. The molecular formula is C8H17N5O. The molecule has 0 amide bonds. The van der Waals surface area contributed by atoms with Crippen LogP contribution in [0.2, 0.25) is 0 Å². The molecule has 1 aromatic heterocycles. The van der Waals surface area contributed by atoms with Gasteiger partial charge >= 0.3 is 5.69 Å². The zero-order chi connectivity index (χ0) is 10.7. The second-order valence-electron chi connectivity index (χ2n) is 3.16. The van der Waals surface area contributed by atoms with Gasteiger partial charge in [-0.2, -0.15) is 4.68 Å². The van der Waals surface area contributed by atoms with Crippen molar-refractivity contribution in [1.82, 2.24) is 14.9 Å². The first kappa shape index (κ1) is 10.6. The van der Waals surface area contributed by atoms with E-state index >= 15 is 0 Å². The van der Waals surface area contributed by atoms with Gasteiger partial charge in [0.15, 0.2) is 0 Å². The van der Waals surface area contributed by atoms with E-state index < -0.39 is 0 Å². The third-order valence-corrected chi connectivity index (χ3v) is 2.08. The Morgan fingerprint density at radius 1 is 1.36 bits per heavy atom. The van der Waals surface area contributed by atoms with Gasteiger partial charge in [0.1, 0.15) is 0 Å². The van der Waals surface area contributed by atoms with Crippen molar-refractivity contribution < 1.29 is 0 Å². The van der Waals surface area contributed by atoms with Crippen LogP contribution in [0.15, 0.2) is 4.79 Å². The van der Waals surface area contributed by atoms with Crippen molar-refractivity contribution in [3.8, 4) is 0 Å². The molecule has 80 valence electrons. The van der Waals surface area contributed by atoms with Crippen LogP contribution < -0.4 is 15.6 Å². The largest absolute Gasteiger partial charge is 0.363 e. The molecule has 1 aromatic rings. The third-order valence-electron chi connectivity index (χ3n) is 2.08. The Balaban J connectivity index is 3.14. The number of H-pyrrole nitrogens is 1. The summed E-state index contributed by atoms with van der Waals surface area (Å²) in [5.41, 5.74) is -0.211. The molecule has 0 aliphatic rings. The molecule has 0 unspecified atom stereocenters. The van der Waals surface area contributed by atoms with Crippen LogP contribution in [0, 0.1) is 0 Å². The number of aromatic nitrogens is 3. The van der Waals surface area contributed by atoms with Crippen molar-refractivity contribution in [2.24, 2.45) is 0 Å². The van der Waals surface area contributed by atoms with Crippen LogP contribution in [0.4, 0.5) is 5.95 Å². The van der Waals surface area contributed by atoms with Gasteiger partial charge in [-0.25, -0.2) is 9.89 Å². The molecule has 1 heterocycles. The monoisotopic (exact) mass is 199 g/mol. The van der Waals surface area contributed by atoms with Crippen LogP contribution in [0.25, 0.3) is 0 Å². The highest BCUT2D eigenvalue weighted by molar-refractivity contribution is 5.29. The normalized spacial score (nSPS) is 10.3. The molecule has 6 nitrogen and oxygen atoms in total. The molecule has 0 radical (unpaired) electrons. The summed E-state index contributed by atoms with van der Waals surface area (Å²) in [5, 5.41) is 8.14. The Bertz CT molecular complexity index is 336. The summed E-state index contributed by atoms with van der Waals surface area (Å²) in [6.07, 6.45) is 0. The molecule has 0 aromatic carbocycles. The van der Waals surface area contributed by atoms with E-state index in [0.29, 0.717) is 5.95 Å². The fourth-order valence-electron chi connectivity index (χ4n) is 1.36. The molecule has 1 N–H and O–H groups in total. The van der Waals surface area contributed by atoms with Crippen molar-refractivity contribution >= 4 is 5.95 Å². The fourth-order valence-corrected chi connectivity index (χ4v) is 1.36. The first-order valence-corrected chi connectivity index (χ1v) is 4.71. The van der Waals surface area contributed by atoms with Gasteiger partial charge in [-0.3, -0.25) is 0 Å². The SMILES string of the molecule is CCN(CC)c1n[nH]c(=O)n1N(C)C. The van der Waals surface area contributed by atoms with Gasteiger partial charge in [0.05, 0.1) is 0 Å². The highest BCUT2D eigenvalue weighted by atomic mass is 16.2. The van der Waals surface area contributed by atoms with Gasteiger partial charge in [0.2, 0.25) is 5.95 Å². The van der Waals surface area contributed by atoms with Crippen molar-refractivity contribution in [3.63, 3.8) is 0 Å². The molecular weight excluding hydrogens is 182 g/mol. The zero-order valence-electron chi connectivity index (χ0n) is 9.11. The zero-order valence-corrected chi connectivity index (χ0v) is 9.11. The second kappa shape index (κ2) is 4.17. The average molecular weight is 199 g/mol. The smallest absolute Gasteiger partial charge is 0.340 e. The van der Waals surface area contributed by atoms with Gasteiger partial charge in [0, 0.05) is 27.2 Å². The Kier molecular flexibility index (Phi) is 3.16. The van der Waals surface area contributed by atoms with Crippen LogP contribution in [0.1, 0.15) is 13.8 Å². The van der Waals surface area contributed by atoms with Gasteiger partial charge in [-0.15, -0.1) is 5.10 Å². The van der Waals surface area contributed by atoms with Crippen molar-refractivity contribution in [3.05, 3.63) is 10.5 Å². The topological polar surface area (TPSA) is 57.2 Å². The maximum Gasteiger partial charge on any atom is 0.363 e. The van der Waals surface area contributed by atoms with E-state index in [0.717, 1.165) is 13.1 Å². The van der Waals surface area contributed by atoms with E-state index in [-0.39, 0.29) is 5.69 Å². The summed E-state index contributed by atoms with van der Waals surface area (Å²) < 4.78 is 1.51. The number of rotatable bonds is 4. The lowest BCUT2D eigenvalue weighted by Gasteiger charge is -2.22. The lowest BCUT2D eigenvalue weighted by Crippen LogP contribution is -2.38. The summed E-state index contributed by atoms with van der Waals surface area (Å²) in [6, 6.07) is 0. The first-order chi connectivity index (χ1) is 6.61. The summed E-state index contributed by atoms with van der Waals surface area (Å²) in [4.78, 5) is 13.4. The molecule has 0 fully saturated rings.